The lowest BCUT2D eigenvalue weighted by atomic mass is 10.2. The van der Waals surface area contributed by atoms with E-state index in [1.54, 1.807) is 36.7 Å². The molecule has 8 heteroatoms. The zero-order valence-electron chi connectivity index (χ0n) is 13.4. The van der Waals surface area contributed by atoms with Gasteiger partial charge in [0.25, 0.3) is 11.1 Å². The summed E-state index contributed by atoms with van der Waals surface area (Å²) in [5.74, 6) is 5.99. The normalized spacial score (nSPS) is 15.1. The van der Waals surface area contributed by atoms with E-state index in [4.69, 9.17) is 27.6 Å². The van der Waals surface area contributed by atoms with Crippen LogP contribution in [0.1, 0.15) is 16.9 Å². The summed E-state index contributed by atoms with van der Waals surface area (Å²) in [4.78, 5) is 27.4. The number of carbonyl (C=O) groups is 2. The van der Waals surface area contributed by atoms with E-state index in [-0.39, 0.29) is 4.91 Å². The van der Waals surface area contributed by atoms with Crippen LogP contribution >= 0.6 is 35.0 Å². The molecular weight excluding hydrogens is 407 g/mol. The number of nitrogens with one attached hydrogen (secondary N) is 1. The van der Waals surface area contributed by atoms with Gasteiger partial charge in [0, 0.05) is 29.4 Å². The Morgan fingerprint density at radius 2 is 1.96 bits per heavy atom. The summed E-state index contributed by atoms with van der Waals surface area (Å²) in [6.07, 6.45) is 4.74. The Labute approximate surface area is 167 Å². The largest absolute Gasteiger partial charge is 0.455 e. The second kappa shape index (κ2) is 7.12. The number of aromatic nitrogens is 1. The van der Waals surface area contributed by atoms with Crippen LogP contribution in [-0.2, 0) is 4.79 Å². The van der Waals surface area contributed by atoms with Crippen molar-refractivity contribution in [3.8, 4) is 11.8 Å². The van der Waals surface area contributed by atoms with Gasteiger partial charge in [-0.05, 0) is 36.0 Å². The Hall–Kier alpha value is -2.72. The van der Waals surface area contributed by atoms with Gasteiger partial charge in [-0.3, -0.25) is 19.9 Å². The van der Waals surface area contributed by atoms with Gasteiger partial charge in [-0.25, -0.2) is 0 Å². The number of amides is 2. The lowest BCUT2D eigenvalue weighted by molar-refractivity contribution is -0.115. The zero-order chi connectivity index (χ0) is 19.0. The Morgan fingerprint density at radius 1 is 1.11 bits per heavy atom. The third-order valence-corrected chi connectivity index (χ3v) is 5.17. The van der Waals surface area contributed by atoms with E-state index in [1.807, 2.05) is 0 Å². The van der Waals surface area contributed by atoms with Crippen LogP contribution in [0.5, 0.6) is 0 Å². The Morgan fingerprint density at radius 3 is 2.70 bits per heavy atom. The number of nitrogens with zero attached hydrogens (tertiary/aromatic N) is 1. The lowest BCUT2D eigenvalue weighted by Gasteiger charge is -1.95. The topological polar surface area (TPSA) is 72.2 Å². The molecule has 3 heterocycles. The minimum absolute atomic E-state index is 0.274. The summed E-state index contributed by atoms with van der Waals surface area (Å²) < 4.78 is 5.81. The minimum Gasteiger partial charge on any atom is -0.455 e. The van der Waals surface area contributed by atoms with Gasteiger partial charge in [0.1, 0.15) is 5.76 Å². The van der Waals surface area contributed by atoms with Crippen molar-refractivity contribution >= 4 is 63.2 Å². The minimum atomic E-state index is -0.441. The maximum Gasteiger partial charge on any atom is 0.290 e. The molecule has 1 N–H and O–H groups in total. The van der Waals surface area contributed by atoms with Crippen molar-refractivity contribution in [3.63, 3.8) is 0 Å². The third-order valence-electron chi connectivity index (χ3n) is 3.62. The average molecular weight is 415 g/mol. The molecule has 3 aromatic rings. The molecular formula is C19H8Cl2N2O3S. The van der Waals surface area contributed by atoms with Crippen LogP contribution in [0.15, 0.2) is 46.0 Å². The number of benzene rings is 1. The van der Waals surface area contributed by atoms with Gasteiger partial charge in [0.05, 0.1) is 20.5 Å². The van der Waals surface area contributed by atoms with Gasteiger partial charge in [0.15, 0.2) is 5.58 Å². The molecule has 27 heavy (non-hydrogen) atoms. The fourth-order valence-corrected chi connectivity index (χ4v) is 3.37. The Kier molecular flexibility index (Phi) is 4.66. The summed E-state index contributed by atoms with van der Waals surface area (Å²) >= 11 is 12.7. The highest BCUT2D eigenvalue weighted by atomic mass is 35.5. The highest BCUT2D eigenvalue weighted by molar-refractivity contribution is 8.18. The van der Waals surface area contributed by atoms with Crippen molar-refractivity contribution in [3.05, 3.63) is 68.5 Å². The van der Waals surface area contributed by atoms with E-state index in [2.05, 4.69) is 22.1 Å². The summed E-state index contributed by atoms with van der Waals surface area (Å²) in [6, 6.07) is 6.85. The van der Waals surface area contributed by atoms with Crippen molar-refractivity contribution in [2.24, 2.45) is 0 Å². The summed E-state index contributed by atoms with van der Waals surface area (Å²) in [6.45, 7) is 0. The molecule has 0 spiro atoms. The number of halogens is 2. The van der Waals surface area contributed by atoms with Crippen LogP contribution < -0.4 is 5.32 Å². The first kappa shape index (κ1) is 17.7. The molecule has 0 bridgehead atoms. The van der Waals surface area contributed by atoms with E-state index in [1.165, 1.54) is 6.08 Å². The molecule has 0 aliphatic carbocycles. The number of hydrogen-bond donors (Lipinski definition) is 1. The molecule has 1 saturated heterocycles. The number of furan rings is 1. The standard InChI is InChI=1S/C19H8Cl2N2O3S/c20-14-4-2-10(5-15(14)21)1-3-11-8-22-9-12-6-13(26-17(11)12)7-16-18(24)23-19(25)27-16/h2,4-9H,(H,23,24,25)/b16-7-. The first-order valence-electron chi connectivity index (χ1n) is 7.59. The first-order valence-corrected chi connectivity index (χ1v) is 9.16. The number of thioether (sulfide) groups is 1. The molecule has 2 aromatic heterocycles. The molecule has 132 valence electrons. The zero-order valence-corrected chi connectivity index (χ0v) is 15.7. The molecule has 4 rings (SSSR count). The van der Waals surface area contributed by atoms with Crippen molar-refractivity contribution in [1.29, 1.82) is 0 Å². The van der Waals surface area contributed by atoms with Crippen LogP contribution in [0.4, 0.5) is 4.79 Å². The highest BCUT2D eigenvalue weighted by Gasteiger charge is 2.25. The molecule has 1 fully saturated rings. The molecule has 5 nitrogen and oxygen atoms in total. The van der Waals surface area contributed by atoms with E-state index in [0.29, 0.717) is 32.5 Å². The summed E-state index contributed by atoms with van der Waals surface area (Å²) in [7, 11) is 0. The molecule has 2 amide bonds. The van der Waals surface area contributed by atoms with Gasteiger partial charge in [0.2, 0.25) is 0 Å². The molecule has 0 atom stereocenters. The van der Waals surface area contributed by atoms with E-state index < -0.39 is 11.1 Å². The maximum absolute atomic E-state index is 11.7. The van der Waals surface area contributed by atoms with Gasteiger partial charge in [-0.2, -0.15) is 0 Å². The molecule has 0 saturated carbocycles. The van der Waals surface area contributed by atoms with Crippen molar-refractivity contribution in [2.45, 2.75) is 0 Å². The third kappa shape index (κ3) is 3.71. The maximum atomic E-state index is 11.7. The van der Waals surface area contributed by atoms with Crippen molar-refractivity contribution in [1.82, 2.24) is 10.3 Å². The molecule has 1 aromatic carbocycles. The number of carbonyl (C=O) groups excluding carboxylic acids is 2. The number of hydrogen-bond acceptors (Lipinski definition) is 5. The Balaban J connectivity index is 1.71. The smallest absolute Gasteiger partial charge is 0.290 e. The lowest BCUT2D eigenvalue weighted by Crippen LogP contribution is -2.17. The molecule has 0 radical (unpaired) electrons. The van der Waals surface area contributed by atoms with Crippen molar-refractivity contribution in [2.75, 3.05) is 0 Å². The van der Waals surface area contributed by atoms with Gasteiger partial charge < -0.3 is 4.42 Å². The van der Waals surface area contributed by atoms with Crippen LogP contribution in [0.3, 0.4) is 0 Å². The molecule has 0 unspecified atom stereocenters. The van der Waals surface area contributed by atoms with Crippen LogP contribution in [0, 0.1) is 11.8 Å². The van der Waals surface area contributed by atoms with E-state index in [9.17, 15) is 9.59 Å². The predicted octanol–water partition coefficient (Wildman–Crippen LogP) is 4.86. The average Bonchev–Trinajstić information content (AvgIpc) is 3.18. The number of fused-ring (bicyclic) bond motifs is 1. The van der Waals surface area contributed by atoms with Crippen LogP contribution in [-0.4, -0.2) is 16.1 Å². The summed E-state index contributed by atoms with van der Waals surface area (Å²) in [5.41, 5.74) is 1.83. The number of pyridine rings is 1. The van der Waals surface area contributed by atoms with Gasteiger partial charge >= 0.3 is 0 Å². The predicted molar refractivity (Wildman–Crippen MR) is 106 cm³/mol. The van der Waals surface area contributed by atoms with Crippen LogP contribution in [0.25, 0.3) is 17.0 Å². The Bertz CT molecular complexity index is 1200. The van der Waals surface area contributed by atoms with Crippen LogP contribution in [0.2, 0.25) is 10.0 Å². The summed E-state index contributed by atoms with van der Waals surface area (Å²) in [5, 5.41) is 3.41. The molecule has 1 aliphatic heterocycles. The monoisotopic (exact) mass is 414 g/mol. The second-order valence-corrected chi connectivity index (χ2v) is 7.31. The van der Waals surface area contributed by atoms with Gasteiger partial charge in [-0.1, -0.05) is 35.0 Å². The highest BCUT2D eigenvalue weighted by Crippen LogP contribution is 2.29. The fourth-order valence-electron chi connectivity index (χ4n) is 2.41. The number of imide groups is 1. The van der Waals surface area contributed by atoms with Gasteiger partial charge in [-0.15, -0.1) is 0 Å². The van der Waals surface area contributed by atoms with Crippen molar-refractivity contribution < 1.29 is 14.0 Å². The molecule has 1 aliphatic rings. The number of rotatable bonds is 1. The van der Waals surface area contributed by atoms with E-state index in [0.717, 1.165) is 17.1 Å². The fraction of sp³-hybridized carbons (Fsp3) is 0. The first-order chi connectivity index (χ1) is 13.0. The van der Waals surface area contributed by atoms with E-state index >= 15 is 0 Å². The SMILES string of the molecule is O=C1NC(=O)/C(=C/c2cc3cncc(C#Cc4ccc(Cl)c(Cl)c4)c3o2)S1. The quantitative estimate of drug-likeness (QED) is 0.454. The second-order valence-electron chi connectivity index (χ2n) is 5.49.